The molecule has 3 aliphatic carbocycles. The van der Waals surface area contributed by atoms with Crippen molar-refractivity contribution >= 4 is 17.7 Å². The van der Waals surface area contributed by atoms with Crippen LogP contribution in [0.3, 0.4) is 0 Å². The molecule has 0 bridgehead atoms. The third kappa shape index (κ3) is 5.43. The summed E-state index contributed by atoms with van der Waals surface area (Å²) in [5.41, 5.74) is 2.55. The topological polar surface area (TPSA) is 151 Å². The molecule has 4 aliphatic rings. The largest absolute Gasteiger partial charge is 0.345 e. The zero-order chi connectivity index (χ0) is 32.0. The molecule has 2 heterocycles. The van der Waals surface area contributed by atoms with Crippen LogP contribution in [0.15, 0.2) is 42.0 Å². The van der Waals surface area contributed by atoms with Gasteiger partial charge in [-0.05, 0) is 84.6 Å². The number of likely N-dealkylation sites (tertiary alicyclic amines) is 1. The predicted octanol–water partition coefficient (Wildman–Crippen LogP) is 1.83. The molecular formula is C33H41N9O3. The van der Waals surface area contributed by atoms with Crippen LogP contribution in [0.1, 0.15) is 59.9 Å². The first-order chi connectivity index (χ1) is 21.5. The lowest BCUT2D eigenvalue weighted by Crippen LogP contribution is -2.48. The maximum atomic E-state index is 13.3. The molecule has 12 heteroatoms. The normalized spacial score (nSPS) is 28.5. The molecule has 3 amide bonds. The molecule has 0 spiro atoms. The third-order valence-corrected chi connectivity index (χ3v) is 10.1. The molecule has 1 aromatic heterocycles. The summed E-state index contributed by atoms with van der Waals surface area (Å²) < 4.78 is 0. The lowest BCUT2D eigenvalue weighted by atomic mass is 9.61. The highest BCUT2D eigenvalue weighted by Crippen LogP contribution is 2.52. The number of H-pyrrole nitrogens is 1. The fraction of sp³-hybridized carbons (Fsp3) is 0.545. The average molecular weight is 612 g/mol. The first kappa shape index (κ1) is 30.6. The molecule has 2 aromatic rings. The number of rotatable bonds is 8. The van der Waals surface area contributed by atoms with E-state index in [1.807, 2.05) is 24.3 Å². The van der Waals surface area contributed by atoms with Crippen molar-refractivity contribution in [1.82, 2.24) is 40.6 Å². The Hall–Kier alpha value is -4.37. The number of nitrogens with zero attached hydrogens (tertiary/aromatic N) is 7. The number of aromatic nitrogens is 4. The van der Waals surface area contributed by atoms with E-state index in [0.29, 0.717) is 35.7 Å². The van der Waals surface area contributed by atoms with Gasteiger partial charge in [0.1, 0.15) is 6.04 Å². The van der Waals surface area contributed by atoms with Crippen LogP contribution in [0.25, 0.3) is 0 Å². The zero-order valence-electron chi connectivity index (χ0n) is 26.5. The molecule has 0 radical (unpaired) electrons. The maximum Gasteiger partial charge on any atom is 0.253 e. The summed E-state index contributed by atoms with van der Waals surface area (Å²) in [4.78, 5) is 44.3. The van der Waals surface area contributed by atoms with Crippen LogP contribution in [0.2, 0.25) is 0 Å². The van der Waals surface area contributed by atoms with Crippen molar-refractivity contribution in [3.05, 3.63) is 64.5 Å². The van der Waals surface area contributed by atoms with Gasteiger partial charge >= 0.3 is 0 Å². The van der Waals surface area contributed by atoms with E-state index in [-0.39, 0.29) is 54.2 Å². The first-order valence-electron chi connectivity index (χ1n) is 15.7. The highest BCUT2D eigenvalue weighted by Gasteiger charge is 2.54. The van der Waals surface area contributed by atoms with E-state index < -0.39 is 5.41 Å². The standard InChI is InChI=1S/C33H41N9O3/c1-19(35-18-29(43)42-25(17-34)14-24-15-28(24)42)16-33(32-36-38-39-37-32)26-10-8-22(30(44)40(2)3)12-20(26)6-7-21-13-23(9-11-27(21)33)31(45)41(4)5/h8-13,19-20,24-26,28,35H,6-7,14-16,18H2,1-5H3,(H,36,37,38,39)/t19-,20?,24-,25?,26?,28+,33?/m1/s1. The van der Waals surface area contributed by atoms with E-state index in [1.54, 1.807) is 42.9 Å². The summed E-state index contributed by atoms with van der Waals surface area (Å²) in [5, 5.41) is 28.6. The average Bonchev–Trinajstić information content (AvgIpc) is 3.42. The summed E-state index contributed by atoms with van der Waals surface area (Å²) in [5.74, 6) is 0.745. The summed E-state index contributed by atoms with van der Waals surface area (Å²) in [6.45, 7) is 2.18. The van der Waals surface area contributed by atoms with E-state index in [2.05, 4.69) is 51.1 Å². The number of nitriles is 1. The van der Waals surface area contributed by atoms with Crippen molar-refractivity contribution in [3.63, 3.8) is 0 Å². The Bertz CT molecular complexity index is 1590. The van der Waals surface area contributed by atoms with Crippen molar-refractivity contribution in [2.75, 3.05) is 34.7 Å². The highest BCUT2D eigenvalue weighted by molar-refractivity contribution is 5.96. The highest BCUT2D eigenvalue weighted by atomic mass is 16.2. The van der Waals surface area contributed by atoms with Gasteiger partial charge in [0.25, 0.3) is 11.8 Å². The molecule has 1 aliphatic heterocycles. The molecule has 4 unspecified atom stereocenters. The summed E-state index contributed by atoms with van der Waals surface area (Å²) in [6, 6.07) is 7.87. The van der Waals surface area contributed by atoms with Gasteiger partial charge in [-0.15, -0.1) is 5.10 Å². The summed E-state index contributed by atoms with van der Waals surface area (Å²) >= 11 is 0. The van der Waals surface area contributed by atoms with Crippen molar-refractivity contribution in [2.45, 2.75) is 62.6 Å². The van der Waals surface area contributed by atoms with Gasteiger partial charge in [-0.25, -0.2) is 5.10 Å². The van der Waals surface area contributed by atoms with Gasteiger partial charge in [0.15, 0.2) is 5.82 Å². The number of nitrogens with one attached hydrogen (secondary N) is 2. The van der Waals surface area contributed by atoms with Crippen molar-refractivity contribution in [2.24, 2.45) is 17.8 Å². The van der Waals surface area contributed by atoms with Gasteiger partial charge in [0.05, 0.1) is 18.0 Å². The minimum atomic E-state index is -0.765. The van der Waals surface area contributed by atoms with Gasteiger partial charge in [-0.2, -0.15) is 5.26 Å². The zero-order valence-corrected chi connectivity index (χ0v) is 26.5. The van der Waals surface area contributed by atoms with Gasteiger partial charge < -0.3 is 20.0 Å². The summed E-state index contributed by atoms with van der Waals surface area (Å²) in [6.07, 6.45) is 9.85. The van der Waals surface area contributed by atoms with Crippen molar-refractivity contribution in [3.8, 4) is 6.07 Å². The van der Waals surface area contributed by atoms with Crippen LogP contribution in [-0.4, -0.2) is 106 Å². The quantitative estimate of drug-likeness (QED) is 0.459. The van der Waals surface area contributed by atoms with Crippen LogP contribution >= 0.6 is 0 Å². The number of aryl methyl sites for hydroxylation is 1. The number of benzene rings is 1. The van der Waals surface area contributed by atoms with Crippen LogP contribution in [-0.2, 0) is 21.4 Å². The molecule has 2 N–H and O–H groups in total. The maximum absolute atomic E-state index is 13.3. The van der Waals surface area contributed by atoms with Crippen LogP contribution in [0.4, 0.5) is 0 Å². The Kier molecular flexibility index (Phi) is 8.07. The molecule has 12 nitrogen and oxygen atoms in total. The van der Waals surface area contributed by atoms with E-state index in [0.717, 1.165) is 30.4 Å². The SMILES string of the molecule is C[C@H](CC1(c2nnn[nH]2)c2ccc(C(=O)N(C)C)cc2CCC2C=C(C(=O)N(C)C)C=CC21)NCC(=O)N1C(C#N)C[C@@H]2C[C@@H]21. The lowest BCUT2D eigenvalue weighted by Gasteiger charge is -2.43. The fourth-order valence-corrected chi connectivity index (χ4v) is 7.88. The first-order valence-corrected chi connectivity index (χ1v) is 15.7. The Morgan fingerprint density at radius 1 is 1.18 bits per heavy atom. The molecule has 45 heavy (non-hydrogen) atoms. The number of hydrogen-bond acceptors (Lipinski definition) is 8. The monoisotopic (exact) mass is 611 g/mol. The Morgan fingerprint density at radius 2 is 1.96 bits per heavy atom. The number of aromatic amines is 1. The predicted molar refractivity (Wildman–Crippen MR) is 165 cm³/mol. The number of tetrazole rings is 1. The third-order valence-electron chi connectivity index (χ3n) is 10.1. The molecule has 1 saturated carbocycles. The Balaban J connectivity index is 1.38. The van der Waals surface area contributed by atoms with Crippen LogP contribution in [0, 0.1) is 29.1 Å². The van der Waals surface area contributed by atoms with Crippen molar-refractivity contribution in [1.29, 1.82) is 5.26 Å². The van der Waals surface area contributed by atoms with Gasteiger partial charge in [0.2, 0.25) is 5.91 Å². The van der Waals surface area contributed by atoms with Gasteiger partial charge in [-0.1, -0.05) is 24.3 Å². The smallest absolute Gasteiger partial charge is 0.253 e. The molecular weight excluding hydrogens is 570 g/mol. The lowest BCUT2D eigenvalue weighted by molar-refractivity contribution is -0.131. The van der Waals surface area contributed by atoms with E-state index >= 15 is 0 Å². The van der Waals surface area contributed by atoms with Gasteiger partial charge in [0, 0.05) is 57.3 Å². The minimum Gasteiger partial charge on any atom is -0.345 e. The van der Waals surface area contributed by atoms with Crippen LogP contribution in [0.5, 0.6) is 0 Å². The number of fused-ring (bicyclic) bond motifs is 3. The molecule has 236 valence electrons. The summed E-state index contributed by atoms with van der Waals surface area (Å²) in [7, 11) is 6.98. The van der Waals surface area contributed by atoms with Crippen molar-refractivity contribution < 1.29 is 14.4 Å². The number of likely N-dealkylation sites (N-methyl/N-ethyl adjacent to an activating group) is 1. The fourth-order valence-electron chi connectivity index (χ4n) is 7.88. The Morgan fingerprint density at radius 3 is 2.64 bits per heavy atom. The molecule has 1 saturated heterocycles. The number of hydrogen-bond donors (Lipinski definition) is 2. The number of carbonyl (C=O) groups is 3. The molecule has 2 fully saturated rings. The number of amides is 3. The van der Waals surface area contributed by atoms with E-state index in [1.165, 1.54) is 0 Å². The second-order valence-corrected chi connectivity index (χ2v) is 13.4. The van der Waals surface area contributed by atoms with Crippen LogP contribution < -0.4 is 5.32 Å². The molecule has 1 aromatic carbocycles. The second kappa shape index (κ2) is 11.9. The second-order valence-electron chi connectivity index (χ2n) is 13.4. The molecule has 6 rings (SSSR count). The minimum absolute atomic E-state index is 0.0129. The van der Waals surface area contributed by atoms with Gasteiger partial charge in [-0.3, -0.25) is 14.4 Å². The number of piperidine rings is 1. The number of carbonyl (C=O) groups excluding carboxylic acids is 3. The molecule has 7 atom stereocenters. The van der Waals surface area contributed by atoms with E-state index in [4.69, 9.17) is 0 Å². The van der Waals surface area contributed by atoms with E-state index in [9.17, 15) is 19.6 Å². The Labute approximate surface area is 263 Å². The number of allylic oxidation sites excluding steroid dienone is 2.